The summed E-state index contributed by atoms with van der Waals surface area (Å²) < 4.78 is 31.9. The Morgan fingerprint density at radius 1 is 1.47 bits per heavy atom. The fraction of sp³-hybridized carbons (Fsp3) is 0.500. The topological polar surface area (TPSA) is 55.4 Å². The molecule has 0 unspecified atom stereocenters. The second-order valence-electron chi connectivity index (χ2n) is 2.89. The van der Waals surface area contributed by atoms with Crippen LogP contribution in [0.2, 0.25) is 5.02 Å². The fourth-order valence-electron chi connectivity index (χ4n) is 0.935. The van der Waals surface area contributed by atoms with Gasteiger partial charge >= 0.3 is 0 Å². The number of hydrogen-bond donors (Lipinski definition) is 1. The molecule has 9 heteroatoms. The quantitative estimate of drug-likeness (QED) is 0.538. The first-order chi connectivity index (χ1) is 7.97. The van der Waals surface area contributed by atoms with E-state index in [4.69, 9.17) is 16.3 Å². The lowest BCUT2D eigenvalue weighted by Gasteiger charge is -2.04. The Kier molecular flexibility index (Phi) is 6.93. The highest BCUT2D eigenvalue weighted by atomic mass is 79.9. The fourth-order valence-corrected chi connectivity index (χ4v) is 4.62. The molecule has 0 saturated heterocycles. The summed E-state index contributed by atoms with van der Waals surface area (Å²) >= 11 is 13.2. The highest BCUT2D eigenvalue weighted by Gasteiger charge is 2.18. The van der Waals surface area contributed by atoms with Crippen LogP contribution in [0.5, 0.6) is 0 Å². The highest BCUT2D eigenvalue weighted by Crippen LogP contribution is 2.34. The van der Waals surface area contributed by atoms with E-state index in [0.717, 1.165) is 16.7 Å². The molecule has 0 radical (unpaired) electrons. The average Bonchev–Trinajstić information content (AvgIpc) is 2.60. The van der Waals surface area contributed by atoms with Crippen LogP contribution in [0.15, 0.2) is 14.1 Å². The predicted molar refractivity (Wildman–Crippen MR) is 76.8 cm³/mol. The number of rotatable bonds is 7. The number of thiophene rings is 1. The van der Waals surface area contributed by atoms with Crippen LogP contribution in [-0.4, -0.2) is 33.5 Å². The zero-order valence-electron chi connectivity index (χ0n) is 8.58. The molecule has 0 aliphatic rings. The molecule has 1 N–H and O–H groups in total. The van der Waals surface area contributed by atoms with E-state index >= 15 is 0 Å². The third kappa shape index (κ3) is 5.14. The summed E-state index contributed by atoms with van der Waals surface area (Å²) in [5.41, 5.74) is 0. The SMILES string of the molecule is O=S(=O)(NCCOCCBr)c1cc(Cl)c(Br)s1. The van der Waals surface area contributed by atoms with E-state index in [1.807, 2.05) is 0 Å². The number of alkyl halides is 1. The standard InChI is InChI=1S/C8H10Br2ClNO3S2/c9-1-3-15-4-2-12-17(13,14)7-5-6(11)8(10)16-7/h5,12H,1-4H2. The minimum Gasteiger partial charge on any atom is -0.379 e. The van der Waals surface area contributed by atoms with Crippen molar-refractivity contribution in [2.45, 2.75) is 4.21 Å². The van der Waals surface area contributed by atoms with E-state index in [1.54, 1.807) is 0 Å². The molecule has 1 rings (SSSR count). The Morgan fingerprint density at radius 2 is 2.18 bits per heavy atom. The Balaban J connectivity index is 2.51. The van der Waals surface area contributed by atoms with Gasteiger partial charge in [-0.2, -0.15) is 0 Å². The molecule has 1 aromatic heterocycles. The van der Waals surface area contributed by atoms with Gasteiger partial charge in [0.25, 0.3) is 0 Å². The molecule has 1 heterocycles. The van der Waals surface area contributed by atoms with E-state index in [-0.39, 0.29) is 10.8 Å². The molecule has 0 saturated carbocycles. The summed E-state index contributed by atoms with van der Waals surface area (Å²) in [5, 5.41) is 1.12. The van der Waals surface area contributed by atoms with Crippen molar-refractivity contribution >= 4 is 64.8 Å². The van der Waals surface area contributed by atoms with E-state index in [0.29, 0.717) is 22.0 Å². The first kappa shape index (κ1) is 15.9. The van der Waals surface area contributed by atoms with Crippen LogP contribution >= 0.6 is 54.8 Å². The minimum atomic E-state index is -3.49. The summed E-state index contributed by atoms with van der Waals surface area (Å²) in [7, 11) is -3.49. The summed E-state index contributed by atoms with van der Waals surface area (Å²) in [6, 6.07) is 1.41. The molecule has 17 heavy (non-hydrogen) atoms. The van der Waals surface area contributed by atoms with Crippen LogP contribution in [-0.2, 0) is 14.8 Å². The molecule has 0 aromatic carbocycles. The van der Waals surface area contributed by atoms with Crippen LogP contribution < -0.4 is 4.72 Å². The van der Waals surface area contributed by atoms with Crippen LogP contribution in [0.3, 0.4) is 0 Å². The second-order valence-corrected chi connectivity index (χ2v) is 8.45. The highest BCUT2D eigenvalue weighted by molar-refractivity contribution is 9.11. The molecule has 0 atom stereocenters. The van der Waals surface area contributed by atoms with E-state index in [1.165, 1.54) is 6.07 Å². The van der Waals surface area contributed by atoms with Crippen molar-refractivity contribution in [3.63, 3.8) is 0 Å². The maximum atomic E-state index is 11.8. The second kappa shape index (κ2) is 7.42. The van der Waals surface area contributed by atoms with Crippen molar-refractivity contribution in [1.29, 1.82) is 0 Å². The van der Waals surface area contributed by atoms with Gasteiger partial charge in [0.15, 0.2) is 0 Å². The Labute approximate surface area is 126 Å². The maximum absolute atomic E-state index is 11.8. The monoisotopic (exact) mass is 425 g/mol. The number of halogens is 3. The molecular formula is C8H10Br2ClNO3S2. The van der Waals surface area contributed by atoms with Gasteiger partial charge in [-0.15, -0.1) is 11.3 Å². The Bertz CT molecular complexity index is 444. The average molecular weight is 428 g/mol. The van der Waals surface area contributed by atoms with Gasteiger partial charge in [0.05, 0.1) is 22.0 Å². The van der Waals surface area contributed by atoms with Gasteiger partial charge in [0.2, 0.25) is 10.0 Å². The Hall–Kier alpha value is 0.820. The molecular weight excluding hydrogens is 417 g/mol. The first-order valence-corrected chi connectivity index (χ1v) is 9.15. The van der Waals surface area contributed by atoms with Crippen LogP contribution in [0.4, 0.5) is 0 Å². The molecule has 0 amide bonds. The summed E-state index contributed by atoms with van der Waals surface area (Å²) in [6.07, 6.45) is 0. The van der Waals surface area contributed by atoms with Crippen LogP contribution in [0, 0.1) is 0 Å². The van der Waals surface area contributed by atoms with Gasteiger partial charge in [-0.1, -0.05) is 27.5 Å². The largest absolute Gasteiger partial charge is 0.379 e. The number of sulfonamides is 1. The lowest BCUT2D eigenvalue weighted by atomic mass is 10.7. The summed E-state index contributed by atoms with van der Waals surface area (Å²) in [5.74, 6) is 0. The normalized spacial score (nSPS) is 11.9. The minimum absolute atomic E-state index is 0.190. The zero-order chi connectivity index (χ0) is 12.9. The molecule has 98 valence electrons. The van der Waals surface area contributed by atoms with Crippen molar-refractivity contribution in [3.05, 3.63) is 14.9 Å². The molecule has 0 spiro atoms. The summed E-state index contributed by atoms with van der Waals surface area (Å²) in [4.78, 5) is 0. The van der Waals surface area contributed by atoms with E-state index in [2.05, 4.69) is 36.6 Å². The van der Waals surface area contributed by atoms with Gasteiger partial charge in [0.1, 0.15) is 4.21 Å². The lowest BCUT2D eigenvalue weighted by Crippen LogP contribution is -2.27. The summed E-state index contributed by atoms with van der Waals surface area (Å²) in [6.45, 7) is 1.13. The van der Waals surface area contributed by atoms with Gasteiger partial charge in [-0.05, 0) is 22.0 Å². The van der Waals surface area contributed by atoms with Gasteiger partial charge in [-0.25, -0.2) is 13.1 Å². The Morgan fingerprint density at radius 3 is 2.71 bits per heavy atom. The van der Waals surface area contributed by atoms with Crippen LogP contribution in [0.25, 0.3) is 0 Å². The third-order valence-corrected chi connectivity index (χ3v) is 6.38. The molecule has 0 bridgehead atoms. The molecule has 0 aliphatic heterocycles. The third-order valence-electron chi connectivity index (χ3n) is 1.65. The number of hydrogen-bond acceptors (Lipinski definition) is 4. The van der Waals surface area contributed by atoms with Gasteiger partial charge < -0.3 is 4.74 Å². The zero-order valence-corrected chi connectivity index (χ0v) is 14.1. The van der Waals surface area contributed by atoms with E-state index < -0.39 is 10.0 Å². The van der Waals surface area contributed by atoms with Crippen molar-refractivity contribution in [2.24, 2.45) is 0 Å². The maximum Gasteiger partial charge on any atom is 0.250 e. The van der Waals surface area contributed by atoms with Crippen molar-refractivity contribution in [1.82, 2.24) is 4.72 Å². The first-order valence-electron chi connectivity index (χ1n) is 4.55. The smallest absolute Gasteiger partial charge is 0.250 e. The van der Waals surface area contributed by atoms with Gasteiger partial charge in [0, 0.05) is 11.9 Å². The van der Waals surface area contributed by atoms with Gasteiger partial charge in [-0.3, -0.25) is 0 Å². The van der Waals surface area contributed by atoms with Crippen molar-refractivity contribution in [3.8, 4) is 0 Å². The van der Waals surface area contributed by atoms with Crippen LogP contribution in [0.1, 0.15) is 0 Å². The lowest BCUT2D eigenvalue weighted by molar-refractivity contribution is 0.156. The van der Waals surface area contributed by atoms with Crippen molar-refractivity contribution in [2.75, 3.05) is 25.1 Å². The van der Waals surface area contributed by atoms with Crippen molar-refractivity contribution < 1.29 is 13.2 Å². The molecule has 0 aliphatic carbocycles. The number of nitrogens with one attached hydrogen (secondary N) is 1. The molecule has 4 nitrogen and oxygen atoms in total. The molecule has 1 aromatic rings. The molecule has 0 fully saturated rings. The predicted octanol–water partition coefficient (Wildman–Crippen LogP) is 2.85. The number of ether oxygens (including phenoxy) is 1. The van der Waals surface area contributed by atoms with E-state index in [9.17, 15) is 8.42 Å².